The summed E-state index contributed by atoms with van der Waals surface area (Å²) in [6.07, 6.45) is 3.91. The largest absolute Gasteiger partial charge is 0.488 e. The normalized spacial score (nSPS) is 11.7. The van der Waals surface area contributed by atoms with Crippen molar-refractivity contribution >= 4 is 80.1 Å². The fourth-order valence-corrected chi connectivity index (χ4v) is 9.72. The number of benzene rings is 8. The van der Waals surface area contributed by atoms with E-state index in [9.17, 15) is 29.7 Å². The molecule has 8 aromatic carbocycles. The van der Waals surface area contributed by atoms with E-state index >= 15 is 0 Å². The van der Waals surface area contributed by atoms with Crippen molar-refractivity contribution < 1.29 is 29.7 Å². The first kappa shape index (κ1) is 47.8. The Kier molecular flexibility index (Phi) is 15.2. The summed E-state index contributed by atoms with van der Waals surface area (Å²) in [4.78, 5) is 35.3. The van der Waals surface area contributed by atoms with Crippen LogP contribution in [0.4, 0.5) is 0 Å². The second kappa shape index (κ2) is 21.5. The Bertz CT molecular complexity index is 2820. The number of hydrogen-bond acceptors (Lipinski definition) is 8. The Morgan fingerprint density at radius 3 is 0.912 bits per heavy atom. The lowest BCUT2D eigenvalue weighted by Crippen LogP contribution is -2.35. The first-order valence-electron chi connectivity index (χ1n) is 23.1. The molecule has 4 N–H and O–H groups in total. The van der Waals surface area contributed by atoms with Gasteiger partial charge >= 0.3 is 14.2 Å². The van der Waals surface area contributed by atoms with Gasteiger partial charge in [0.1, 0.15) is 0 Å². The molecule has 0 saturated heterocycles. The van der Waals surface area contributed by atoms with Crippen LogP contribution in [0.1, 0.15) is 46.2 Å². The lowest BCUT2D eigenvalue weighted by molar-refractivity contribution is -0.130. The van der Waals surface area contributed by atoms with E-state index in [0.29, 0.717) is 50.2 Å². The van der Waals surface area contributed by atoms with E-state index < -0.39 is 14.2 Å². The van der Waals surface area contributed by atoms with Crippen LogP contribution in [0.2, 0.25) is 0 Å². The van der Waals surface area contributed by atoms with Crippen molar-refractivity contribution in [2.75, 3.05) is 28.2 Å². The molecule has 2 amide bonds. The summed E-state index contributed by atoms with van der Waals surface area (Å²) in [7, 11) is 4.63. The van der Waals surface area contributed by atoms with Crippen molar-refractivity contribution in [3.8, 4) is 0 Å². The van der Waals surface area contributed by atoms with Crippen molar-refractivity contribution in [1.82, 2.24) is 19.6 Å². The van der Waals surface area contributed by atoms with Gasteiger partial charge in [0.2, 0.25) is 11.8 Å². The quantitative estimate of drug-likeness (QED) is 0.0418. The van der Waals surface area contributed by atoms with E-state index in [1.165, 1.54) is 0 Å². The van der Waals surface area contributed by atoms with Gasteiger partial charge in [-0.3, -0.25) is 19.4 Å². The third-order valence-corrected chi connectivity index (χ3v) is 13.1. The van der Waals surface area contributed by atoms with Gasteiger partial charge < -0.3 is 29.9 Å². The van der Waals surface area contributed by atoms with Crippen LogP contribution in [0.3, 0.4) is 0 Å². The highest BCUT2D eigenvalue weighted by Crippen LogP contribution is 2.36. The number of carbonyl (C=O) groups is 2. The van der Waals surface area contributed by atoms with Gasteiger partial charge in [-0.25, -0.2) is 0 Å². The van der Waals surface area contributed by atoms with Gasteiger partial charge in [0, 0.05) is 66.2 Å². The molecule has 0 atom stereocenters. The van der Waals surface area contributed by atoms with Crippen LogP contribution in [0.15, 0.2) is 158 Å². The maximum atomic E-state index is 13.7. The molecule has 0 aliphatic heterocycles. The van der Waals surface area contributed by atoms with Crippen molar-refractivity contribution in [2.24, 2.45) is 0 Å². The maximum Gasteiger partial charge on any atom is 0.488 e. The Morgan fingerprint density at radius 2 is 0.632 bits per heavy atom. The molecule has 0 radical (unpaired) electrons. The number of amides is 2. The maximum absolute atomic E-state index is 13.7. The van der Waals surface area contributed by atoms with Gasteiger partial charge in [-0.05, 0) is 101 Å². The minimum absolute atomic E-state index is 0.0531. The monoisotopic (exact) mass is 904 g/mol. The zero-order valence-corrected chi connectivity index (χ0v) is 39.2. The van der Waals surface area contributed by atoms with Gasteiger partial charge in [-0.1, -0.05) is 158 Å². The average Bonchev–Trinajstić information content (AvgIpc) is 3.34. The first-order chi connectivity index (χ1) is 32.9. The number of hydrogen-bond donors (Lipinski definition) is 4. The molecule has 0 aliphatic rings. The van der Waals surface area contributed by atoms with Crippen molar-refractivity contribution in [2.45, 2.75) is 52.1 Å². The highest BCUT2D eigenvalue weighted by atomic mass is 16.4. The van der Waals surface area contributed by atoms with E-state index in [2.05, 4.69) is 58.3 Å². The highest BCUT2D eigenvalue weighted by Gasteiger charge is 2.22. The fourth-order valence-electron chi connectivity index (χ4n) is 9.72. The van der Waals surface area contributed by atoms with Crippen LogP contribution in [0.5, 0.6) is 0 Å². The van der Waals surface area contributed by atoms with E-state index in [4.69, 9.17) is 0 Å². The van der Waals surface area contributed by atoms with Crippen molar-refractivity contribution in [1.29, 1.82) is 0 Å². The predicted molar refractivity (Wildman–Crippen MR) is 277 cm³/mol. The molecular weight excluding hydrogens is 846 g/mol. The number of rotatable bonds is 18. The van der Waals surface area contributed by atoms with Gasteiger partial charge in [0.25, 0.3) is 0 Å². The standard InChI is InChI=1S/C56H58B2N4O6/c1-59(33-39-19-5-15-29-53(39)57(65)66)35-49-41-21-7-11-25-45(41)51(46-26-12-8-22-42(46)49)37-61(3)55(63)31-17-18-32-56(64)62(4)38-52-47-27-13-9-23-43(47)50(44-24-10-14-28-48(44)52)36-60(2)34-40-20-6-16-30-54(40)58(67)68/h5-30,65-68H,31-38H2,1-4H3/b18-17-. The van der Waals surface area contributed by atoms with Gasteiger partial charge in [-0.15, -0.1) is 0 Å². The summed E-state index contributed by atoms with van der Waals surface area (Å²) >= 11 is 0. The molecule has 344 valence electrons. The molecule has 0 bridgehead atoms. The summed E-state index contributed by atoms with van der Waals surface area (Å²) in [5, 5.41) is 48.7. The zero-order valence-electron chi connectivity index (χ0n) is 39.2. The summed E-state index contributed by atoms with van der Waals surface area (Å²) < 4.78 is 0. The number of nitrogens with zero attached hydrogens (tertiary/aromatic N) is 4. The van der Waals surface area contributed by atoms with E-state index in [1.54, 1.807) is 34.1 Å². The lowest BCUT2D eigenvalue weighted by Gasteiger charge is -2.24. The second-order valence-corrected chi connectivity index (χ2v) is 18.0. The molecule has 0 aromatic heterocycles. The van der Waals surface area contributed by atoms with Gasteiger partial charge in [0.15, 0.2) is 0 Å². The third-order valence-electron chi connectivity index (χ3n) is 13.1. The molecule has 12 heteroatoms. The van der Waals surface area contributed by atoms with Crippen LogP contribution in [-0.2, 0) is 48.9 Å². The first-order valence-corrected chi connectivity index (χ1v) is 23.1. The van der Waals surface area contributed by atoms with Crippen LogP contribution in [-0.4, -0.2) is 93.9 Å². The van der Waals surface area contributed by atoms with Crippen molar-refractivity contribution in [3.63, 3.8) is 0 Å². The molecule has 0 fully saturated rings. The van der Waals surface area contributed by atoms with Gasteiger partial charge in [-0.2, -0.15) is 0 Å². The van der Waals surface area contributed by atoms with Crippen LogP contribution in [0, 0.1) is 0 Å². The minimum atomic E-state index is -1.55. The number of fused-ring (bicyclic) bond motifs is 4. The Morgan fingerprint density at radius 1 is 0.382 bits per heavy atom. The van der Waals surface area contributed by atoms with Crippen LogP contribution < -0.4 is 10.9 Å². The Labute approximate surface area is 399 Å². The van der Waals surface area contributed by atoms with E-state index in [1.807, 2.05) is 113 Å². The lowest BCUT2D eigenvalue weighted by atomic mass is 9.77. The Balaban J connectivity index is 0.936. The molecule has 0 unspecified atom stereocenters. The molecule has 8 rings (SSSR count). The number of carbonyl (C=O) groups excluding carboxylic acids is 2. The molecule has 68 heavy (non-hydrogen) atoms. The fraction of sp³-hybridized carbons (Fsp3) is 0.214. The van der Waals surface area contributed by atoms with Crippen LogP contribution in [0.25, 0.3) is 43.1 Å². The Hall–Kier alpha value is -6.63. The van der Waals surface area contributed by atoms with E-state index in [0.717, 1.165) is 76.5 Å². The zero-order chi connectivity index (χ0) is 47.9. The summed E-state index contributed by atoms with van der Waals surface area (Å²) in [6.45, 7) is 3.13. The van der Waals surface area contributed by atoms with Crippen molar-refractivity contribution in [3.05, 3.63) is 191 Å². The smallest absolute Gasteiger partial charge is 0.423 e. The molecule has 0 aliphatic carbocycles. The highest BCUT2D eigenvalue weighted by molar-refractivity contribution is 6.59. The second-order valence-electron chi connectivity index (χ2n) is 18.0. The SMILES string of the molecule is CN(Cc1ccccc1B(O)O)Cc1c2ccccc2c(CN(C)C(=O)C/C=C\CC(=O)N(C)Cc2c3ccccc3c(CN(C)Cc3ccccc3B(O)O)c3ccccc23)c2ccccc12. The summed E-state index contributed by atoms with van der Waals surface area (Å²) in [5.41, 5.74) is 7.16. The van der Waals surface area contributed by atoms with Gasteiger partial charge in [0.05, 0.1) is 0 Å². The summed E-state index contributed by atoms with van der Waals surface area (Å²) in [6, 6.07) is 48.0. The predicted octanol–water partition coefficient (Wildman–Crippen LogP) is 6.88. The minimum Gasteiger partial charge on any atom is -0.423 e. The molecule has 0 spiro atoms. The molecule has 0 saturated carbocycles. The average molecular weight is 905 g/mol. The summed E-state index contributed by atoms with van der Waals surface area (Å²) in [5.74, 6) is -0.106. The molecule has 10 nitrogen and oxygen atoms in total. The molecular formula is C56H58B2N4O6. The van der Waals surface area contributed by atoms with Crippen LogP contribution >= 0.6 is 0 Å². The molecule has 0 heterocycles. The van der Waals surface area contributed by atoms with E-state index in [-0.39, 0.29) is 24.7 Å². The topological polar surface area (TPSA) is 128 Å². The molecule has 8 aromatic rings. The third kappa shape index (κ3) is 10.6.